The summed E-state index contributed by atoms with van der Waals surface area (Å²) in [7, 11) is 5.37. The van der Waals surface area contributed by atoms with E-state index in [1.807, 2.05) is 56.3 Å². The fraction of sp³-hybridized carbons (Fsp3) is 0.333. The van der Waals surface area contributed by atoms with E-state index in [9.17, 15) is 9.59 Å². The first-order chi connectivity index (χ1) is 12.9. The zero-order valence-corrected chi connectivity index (χ0v) is 16.3. The number of carbonyl (C=O) groups excluding carboxylic acids is 2. The lowest BCUT2D eigenvalue weighted by molar-refractivity contribution is -0.115. The van der Waals surface area contributed by atoms with E-state index in [1.54, 1.807) is 19.2 Å². The maximum atomic E-state index is 12.5. The predicted molar refractivity (Wildman–Crippen MR) is 109 cm³/mol. The number of rotatable bonds is 8. The molecule has 0 atom stereocenters. The molecule has 0 saturated heterocycles. The van der Waals surface area contributed by atoms with Gasteiger partial charge in [-0.05, 0) is 42.3 Å². The summed E-state index contributed by atoms with van der Waals surface area (Å²) < 4.78 is 5.12. The van der Waals surface area contributed by atoms with Crippen molar-refractivity contribution in [2.24, 2.45) is 0 Å². The molecule has 0 aromatic heterocycles. The van der Waals surface area contributed by atoms with E-state index >= 15 is 0 Å². The van der Waals surface area contributed by atoms with Crippen LogP contribution in [0.4, 0.5) is 11.4 Å². The number of nitrogens with zero attached hydrogens (tertiary/aromatic N) is 1. The number of amides is 2. The van der Waals surface area contributed by atoms with E-state index < -0.39 is 0 Å². The van der Waals surface area contributed by atoms with Crippen LogP contribution < -0.4 is 20.3 Å². The molecule has 0 saturated carbocycles. The molecule has 0 bridgehead atoms. The van der Waals surface area contributed by atoms with E-state index in [-0.39, 0.29) is 18.2 Å². The number of benzene rings is 2. The Morgan fingerprint density at radius 2 is 1.78 bits per heavy atom. The minimum Gasteiger partial charge on any atom is -0.497 e. The van der Waals surface area contributed by atoms with E-state index in [0.717, 1.165) is 23.4 Å². The summed E-state index contributed by atoms with van der Waals surface area (Å²) in [5.41, 5.74) is 2.83. The minimum atomic E-state index is -0.146. The quantitative estimate of drug-likeness (QED) is 0.750. The number of carbonyl (C=O) groups is 2. The highest BCUT2D eigenvalue weighted by atomic mass is 16.5. The molecule has 2 aromatic carbocycles. The number of hydrogen-bond acceptors (Lipinski definition) is 4. The van der Waals surface area contributed by atoms with Crippen LogP contribution in [0, 0.1) is 0 Å². The van der Waals surface area contributed by atoms with Gasteiger partial charge in [-0.3, -0.25) is 9.59 Å². The second-order valence-corrected chi connectivity index (χ2v) is 6.46. The summed E-state index contributed by atoms with van der Waals surface area (Å²) in [6.45, 7) is 2.61. The highest BCUT2D eigenvalue weighted by molar-refractivity contribution is 6.02. The van der Waals surface area contributed by atoms with Gasteiger partial charge in [0.2, 0.25) is 5.91 Å². The van der Waals surface area contributed by atoms with Crippen molar-refractivity contribution in [3.63, 3.8) is 0 Å². The van der Waals surface area contributed by atoms with Gasteiger partial charge >= 0.3 is 0 Å². The number of nitrogens with one attached hydrogen (secondary N) is 2. The van der Waals surface area contributed by atoms with E-state index in [0.29, 0.717) is 17.8 Å². The van der Waals surface area contributed by atoms with E-state index in [1.165, 1.54) is 0 Å². The van der Waals surface area contributed by atoms with Crippen LogP contribution in [0.15, 0.2) is 42.5 Å². The Hall–Kier alpha value is -3.02. The Morgan fingerprint density at radius 3 is 2.37 bits per heavy atom. The Kier molecular flexibility index (Phi) is 7.23. The Morgan fingerprint density at radius 1 is 1.07 bits per heavy atom. The third-order valence-corrected chi connectivity index (χ3v) is 4.07. The van der Waals surface area contributed by atoms with Crippen LogP contribution in [-0.4, -0.2) is 39.6 Å². The fourth-order valence-corrected chi connectivity index (χ4v) is 2.65. The number of methoxy groups -OCH3 is 1. The second kappa shape index (κ2) is 9.62. The topological polar surface area (TPSA) is 70.7 Å². The van der Waals surface area contributed by atoms with Gasteiger partial charge in [0.05, 0.1) is 19.1 Å². The average molecular weight is 369 g/mol. The van der Waals surface area contributed by atoms with Gasteiger partial charge in [0, 0.05) is 32.0 Å². The van der Waals surface area contributed by atoms with Crippen molar-refractivity contribution in [3.8, 4) is 5.75 Å². The summed E-state index contributed by atoms with van der Waals surface area (Å²) in [5.74, 6) is 0.464. The lowest BCUT2D eigenvalue weighted by atomic mass is 10.1. The molecular formula is C21H27N3O3. The van der Waals surface area contributed by atoms with Crippen LogP contribution in [0.3, 0.4) is 0 Å². The summed E-state index contributed by atoms with van der Waals surface area (Å²) in [4.78, 5) is 26.7. The van der Waals surface area contributed by atoms with Crippen LogP contribution in [-0.2, 0) is 11.2 Å². The summed E-state index contributed by atoms with van der Waals surface area (Å²) >= 11 is 0. The molecular weight excluding hydrogens is 342 g/mol. The first-order valence-corrected chi connectivity index (χ1v) is 8.97. The highest BCUT2D eigenvalue weighted by Crippen LogP contribution is 2.23. The molecule has 2 amide bonds. The lowest BCUT2D eigenvalue weighted by Crippen LogP contribution is -2.26. The van der Waals surface area contributed by atoms with Gasteiger partial charge in [-0.1, -0.05) is 19.1 Å². The molecule has 27 heavy (non-hydrogen) atoms. The van der Waals surface area contributed by atoms with Crippen LogP contribution in [0.1, 0.15) is 29.3 Å². The van der Waals surface area contributed by atoms with Crippen molar-refractivity contribution in [2.75, 3.05) is 38.0 Å². The molecule has 0 spiro atoms. The molecule has 0 aliphatic carbocycles. The maximum Gasteiger partial charge on any atom is 0.253 e. The molecule has 2 rings (SSSR count). The first kappa shape index (κ1) is 20.3. The summed E-state index contributed by atoms with van der Waals surface area (Å²) in [6, 6.07) is 12.7. The first-order valence-electron chi connectivity index (χ1n) is 8.97. The van der Waals surface area contributed by atoms with Gasteiger partial charge in [-0.25, -0.2) is 0 Å². The standard InChI is InChI=1S/C21H27N3O3/c1-5-12-22-21(26)18-14-16(8-11-19(18)24(2)3)23-20(25)13-15-6-9-17(27-4)10-7-15/h6-11,14H,5,12-13H2,1-4H3,(H,22,26)(H,23,25). The maximum absolute atomic E-state index is 12.5. The molecule has 0 fully saturated rings. The fourth-order valence-electron chi connectivity index (χ4n) is 2.65. The van der Waals surface area contributed by atoms with Gasteiger partial charge in [0.25, 0.3) is 5.91 Å². The normalized spacial score (nSPS) is 10.2. The van der Waals surface area contributed by atoms with Gasteiger partial charge in [0.15, 0.2) is 0 Å². The van der Waals surface area contributed by atoms with E-state index in [4.69, 9.17) is 4.74 Å². The van der Waals surface area contributed by atoms with Crippen molar-refractivity contribution in [1.82, 2.24) is 5.32 Å². The number of ether oxygens (including phenoxy) is 1. The largest absolute Gasteiger partial charge is 0.497 e. The predicted octanol–water partition coefficient (Wildman–Crippen LogP) is 3.08. The van der Waals surface area contributed by atoms with Crippen LogP contribution in [0.25, 0.3) is 0 Å². The van der Waals surface area contributed by atoms with Gasteiger partial charge in [-0.15, -0.1) is 0 Å². The minimum absolute atomic E-state index is 0.141. The summed E-state index contributed by atoms with van der Waals surface area (Å²) in [6.07, 6.45) is 1.11. The van der Waals surface area contributed by atoms with Crippen LogP contribution in [0.5, 0.6) is 5.75 Å². The number of hydrogen-bond donors (Lipinski definition) is 2. The third kappa shape index (κ3) is 5.74. The van der Waals surface area contributed by atoms with Crippen molar-refractivity contribution in [2.45, 2.75) is 19.8 Å². The van der Waals surface area contributed by atoms with Crippen molar-refractivity contribution >= 4 is 23.2 Å². The van der Waals surface area contributed by atoms with Gasteiger partial charge in [-0.2, -0.15) is 0 Å². The van der Waals surface area contributed by atoms with Crippen molar-refractivity contribution in [3.05, 3.63) is 53.6 Å². The Bertz CT molecular complexity index is 786. The van der Waals surface area contributed by atoms with Crippen molar-refractivity contribution < 1.29 is 14.3 Å². The zero-order valence-electron chi connectivity index (χ0n) is 16.3. The molecule has 2 N–H and O–H groups in total. The van der Waals surface area contributed by atoms with Gasteiger partial charge in [0.1, 0.15) is 5.75 Å². The van der Waals surface area contributed by atoms with E-state index in [2.05, 4.69) is 10.6 Å². The molecule has 0 aliphatic rings. The smallest absolute Gasteiger partial charge is 0.253 e. The molecule has 2 aromatic rings. The average Bonchev–Trinajstić information content (AvgIpc) is 2.66. The molecule has 6 nitrogen and oxygen atoms in total. The summed E-state index contributed by atoms with van der Waals surface area (Å²) in [5, 5.41) is 5.75. The van der Waals surface area contributed by atoms with Gasteiger partial charge < -0.3 is 20.3 Å². The molecule has 0 radical (unpaired) electrons. The SMILES string of the molecule is CCCNC(=O)c1cc(NC(=O)Cc2ccc(OC)cc2)ccc1N(C)C. The van der Waals surface area contributed by atoms with Crippen LogP contribution in [0.2, 0.25) is 0 Å². The third-order valence-electron chi connectivity index (χ3n) is 4.07. The lowest BCUT2D eigenvalue weighted by Gasteiger charge is -2.18. The Labute approximate surface area is 160 Å². The zero-order chi connectivity index (χ0) is 19.8. The second-order valence-electron chi connectivity index (χ2n) is 6.46. The molecule has 0 aliphatic heterocycles. The Balaban J connectivity index is 2.12. The van der Waals surface area contributed by atoms with Crippen molar-refractivity contribution in [1.29, 1.82) is 0 Å². The molecule has 0 heterocycles. The molecule has 0 unspecified atom stereocenters. The highest BCUT2D eigenvalue weighted by Gasteiger charge is 2.14. The molecule has 144 valence electrons. The monoisotopic (exact) mass is 369 g/mol. The molecule has 6 heteroatoms. The van der Waals surface area contributed by atoms with Crippen LogP contribution >= 0.6 is 0 Å². The number of anilines is 2.